The number of hydrogen-bond acceptors (Lipinski definition) is 4. The molecule has 1 heterocycles. The third-order valence-corrected chi connectivity index (χ3v) is 4.91. The molecule has 1 aliphatic heterocycles. The molecule has 1 aromatic carbocycles. The van der Waals surface area contributed by atoms with Gasteiger partial charge in [0, 0.05) is 35.1 Å². The van der Waals surface area contributed by atoms with E-state index >= 15 is 0 Å². The van der Waals surface area contributed by atoms with E-state index < -0.39 is 9.71 Å². The van der Waals surface area contributed by atoms with E-state index in [0.717, 1.165) is 31.7 Å². The normalized spacial score (nSPS) is 20.3. The van der Waals surface area contributed by atoms with Crippen molar-refractivity contribution in [1.82, 2.24) is 4.31 Å². The van der Waals surface area contributed by atoms with Crippen molar-refractivity contribution in [2.45, 2.75) is 18.9 Å². The molecule has 1 saturated heterocycles. The van der Waals surface area contributed by atoms with E-state index in [0.29, 0.717) is 11.4 Å². The van der Waals surface area contributed by atoms with Crippen molar-refractivity contribution in [3.05, 3.63) is 18.2 Å². The number of hydrogen-bond donors (Lipinski definition) is 1. The average Bonchev–Trinajstić information content (AvgIpc) is 2.40. The van der Waals surface area contributed by atoms with E-state index in [1.54, 1.807) is 25.5 Å². The predicted molar refractivity (Wildman–Crippen MR) is 83.8 cm³/mol. The zero-order chi connectivity index (χ0) is 14.8. The van der Waals surface area contributed by atoms with Crippen LogP contribution in [0.1, 0.15) is 12.8 Å². The Morgan fingerprint density at radius 3 is 2.60 bits per heavy atom. The minimum absolute atomic E-state index is 0.126. The summed E-state index contributed by atoms with van der Waals surface area (Å²) in [4.78, 5) is 0. The van der Waals surface area contributed by atoms with Gasteiger partial charge in [0.1, 0.15) is 17.6 Å². The van der Waals surface area contributed by atoms with Gasteiger partial charge in [0.2, 0.25) is 0 Å². The Morgan fingerprint density at radius 2 is 2.05 bits per heavy atom. The summed E-state index contributed by atoms with van der Waals surface area (Å²) in [6.07, 6.45) is 3.49. The van der Waals surface area contributed by atoms with Gasteiger partial charge in [-0.1, -0.05) is 0 Å². The molecule has 1 aliphatic rings. The first-order valence-electron chi connectivity index (χ1n) is 6.57. The van der Waals surface area contributed by atoms with Crippen LogP contribution in [0.4, 0.5) is 5.69 Å². The smallest absolute Gasteiger partial charge is 0.145 e. The largest absolute Gasteiger partial charge is 0.494 e. The predicted octanol–water partition coefficient (Wildman–Crippen LogP) is 1.38. The Kier molecular flexibility index (Phi) is 4.45. The lowest BCUT2D eigenvalue weighted by atomic mass is 10.1. The number of ether oxygens (including phenoxy) is 2. The number of anilines is 1. The van der Waals surface area contributed by atoms with Crippen molar-refractivity contribution in [1.29, 1.82) is 0 Å². The molecule has 0 aromatic heterocycles. The summed E-state index contributed by atoms with van der Waals surface area (Å²) in [5.41, 5.74) is 6.37. The number of benzene rings is 1. The lowest BCUT2D eigenvalue weighted by Crippen LogP contribution is -2.41. The quantitative estimate of drug-likeness (QED) is 0.674. The van der Waals surface area contributed by atoms with E-state index in [1.165, 1.54) is 0 Å². The molecule has 2 N–H and O–H groups in total. The van der Waals surface area contributed by atoms with Crippen LogP contribution in [0.5, 0.6) is 11.5 Å². The van der Waals surface area contributed by atoms with Crippen LogP contribution in [0.3, 0.4) is 0 Å². The Bertz CT molecular complexity index is 564. The summed E-state index contributed by atoms with van der Waals surface area (Å²) in [7, 11) is -0.514. The Labute approximate surface area is 120 Å². The summed E-state index contributed by atoms with van der Waals surface area (Å²) in [5, 5.41) is 0. The fraction of sp³-hybridized carbons (Fsp3) is 0.500. The van der Waals surface area contributed by atoms with Gasteiger partial charge < -0.3 is 15.2 Å². The van der Waals surface area contributed by atoms with Crippen molar-refractivity contribution < 1.29 is 13.7 Å². The molecule has 5 nitrogen and oxygen atoms in total. The standard InChI is InChI=1S/C14H22N2O3S/c1-18-14-10-12(4-5-13(14)15)19-11-6-8-16(9-7-11)20(2,3)17/h4-5,10-11H,2,6-9,15H2,1,3H3. The highest BCUT2D eigenvalue weighted by Crippen LogP contribution is 2.28. The van der Waals surface area contributed by atoms with Gasteiger partial charge in [0.25, 0.3) is 0 Å². The van der Waals surface area contributed by atoms with Crippen molar-refractivity contribution in [3.63, 3.8) is 0 Å². The van der Waals surface area contributed by atoms with Crippen LogP contribution in [-0.2, 0) is 9.71 Å². The number of nitrogens with two attached hydrogens (primary N) is 1. The maximum absolute atomic E-state index is 11.9. The lowest BCUT2D eigenvalue weighted by molar-refractivity contribution is 0.137. The first-order chi connectivity index (χ1) is 9.40. The number of methoxy groups -OCH3 is 1. The summed E-state index contributed by atoms with van der Waals surface area (Å²) in [5.74, 6) is 5.09. The lowest BCUT2D eigenvalue weighted by Gasteiger charge is -2.32. The Balaban J connectivity index is 1.96. The van der Waals surface area contributed by atoms with Gasteiger partial charge >= 0.3 is 0 Å². The molecule has 2 rings (SSSR count). The first-order valence-corrected chi connectivity index (χ1v) is 8.67. The highest BCUT2D eigenvalue weighted by molar-refractivity contribution is 7.97. The molecule has 1 atom stereocenters. The maximum Gasteiger partial charge on any atom is 0.145 e. The number of nitrogens with zero attached hydrogens (tertiary/aromatic N) is 1. The fourth-order valence-electron chi connectivity index (χ4n) is 2.29. The molecular formula is C14H22N2O3S. The second-order valence-electron chi connectivity index (χ2n) is 5.11. The van der Waals surface area contributed by atoms with Gasteiger partial charge in [0.15, 0.2) is 0 Å². The highest BCUT2D eigenvalue weighted by Gasteiger charge is 2.23. The molecule has 0 amide bonds. The van der Waals surface area contributed by atoms with E-state index in [4.69, 9.17) is 15.2 Å². The first kappa shape index (κ1) is 15.0. The minimum Gasteiger partial charge on any atom is -0.494 e. The average molecular weight is 298 g/mol. The number of rotatable bonds is 4. The molecule has 1 unspecified atom stereocenters. The van der Waals surface area contributed by atoms with Gasteiger partial charge in [0.05, 0.1) is 12.8 Å². The van der Waals surface area contributed by atoms with Gasteiger partial charge in [-0.05, 0) is 30.8 Å². The van der Waals surface area contributed by atoms with Crippen molar-refractivity contribution in [2.75, 3.05) is 32.2 Å². The van der Waals surface area contributed by atoms with Gasteiger partial charge in [-0.25, -0.2) is 4.31 Å². The summed E-state index contributed by atoms with van der Waals surface area (Å²) >= 11 is 0. The third kappa shape index (κ3) is 3.58. The van der Waals surface area contributed by atoms with Crippen LogP contribution in [0.25, 0.3) is 0 Å². The minimum atomic E-state index is -2.10. The van der Waals surface area contributed by atoms with Crippen LogP contribution < -0.4 is 15.2 Å². The van der Waals surface area contributed by atoms with Crippen LogP contribution >= 0.6 is 0 Å². The SMILES string of the molecule is C=S(C)(=O)N1CCC(Oc2ccc(N)c(OC)c2)CC1. The number of nitrogen functional groups attached to an aromatic ring is 1. The van der Waals surface area contributed by atoms with Crippen LogP contribution in [0.15, 0.2) is 18.2 Å². The van der Waals surface area contributed by atoms with E-state index in [2.05, 4.69) is 5.87 Å². The molecule has 0 aliphatic carbocycles. The van der Waals surface area contributed by atoms with E-state index in [1.807, 2.05) is 10.4 Å². The van der Waals surface area contributed by atoms with Crippen LogP contribution in [-0.4, -0.2) is 46.9 Å². The van der Waals surface area contributed by atoms with Crippen LogP contribution in [0, 0.1) is 0 Å². The van der Waals surface area contributed by atoms with E-state index in [9.17, 15) is 4.21 Å². The van der Waals surface area contributed by atoms with Crippen molar-refractivity contribution in [2.24, 2.45) is 0 Å². The topological polar surface area (TPSA) is 64.8 Å². The maximum atomic E-state index is 11.9. The molecule has 20 heavy (non-hydrogen) atoms. The molecule has 6 heteroatoms. The summed E-state index contributed by atoms with van der Waals surface area (Å²) < 4.78 is 24.9. The molecule has 0 bridgehead atoms. The second kappa shape index (κ2) is 5.93. The molecule has 0 radical (unpaired) electrons. The van der Waals surface area contributed by atoms with E-state index in [-0.39, 0.29) is 6.10 Å². The summed E-state index contributed by atoms with van der Waals surface area (Å²) in [6.45, 7) is 1.49. The fourth-order valence-corrected chi connectivity index (χ4v) is 3.28. The molecule has 1 aromatic rings. The monoisotopic (exact) mass is 298 g/mol. The zero-order valence-corrected chi connectivity index (χ0v) is 12.8. The molecular weight excluding hydrogens is 276 g/mol. The highest BCUT2D eigenvalue weighted by atomic mass is 32.2. The van der Waals surface area contributed by atoms with Crippen LogP contribution in [0.2, 0.25) is 0 Å². The Hall–Kier alpha value is -1.40. The molecule has 0 saturated carbocycles. The third-order valence-electron chi connectivity index (χ3n) is 3.45. The van der Waals surface area contributed by atoms with Gasteiger partial charge in [-0.15, -0.1) is 0 Å². The number of piperidine rings is 1. The second-order valence-corrected chi connectivity index (χ2v) is 7.54. The Morgan fingerprint density at radius 1 is 1.40 bits per heavy atom. The van der Waals surface area contributed by atoms with Crippen molar-refractivity contribution in [3.8, 4) is 11.5 Å². The van der Waals surface area contributed by atoms with Crippen molar-refractivity contribution >= 4 is 21.3 Å². The van der Waals surface area contributed by atoms with Gasteiger partial charge in [-0.3, -0.25) is 4.21 Å². The molecule has 1 fully saturated rings. The zero-order valence-electron chi connectivity index (χ0n) is 12.0. The molecule has 0 spiro atoms. The molecule has 112 valence electrons. The summed E-state index contributed by atoms with van der Waals surface area (Å²) in [6, 6.07) is 5.42. The van der Waals surface area contributed by atoms with Gasteiger partial charge in [-0.2, -0.15) is 0 Å².